The number of nitrogens with one attached hydrogen (secondary N) is 1. The highest BCUT2D eigenvalue weighted by Gasteiger charge is 2.30. The standard InChI is InChI=1S/C13H19NO3S/c1-2-13(7-15,8-16)14-12(17)11-6-9-4-3-5-10(9)18-11/h6,15-16H,2-5,7-8H2,1H3,(H,14,17). The van der Waals surface area contributed by atoms with Crippen LogP contribution < -0.4 is 5.32 Å². The van der Waals surface area contributed by atoms with Crippen molar-refractivity contribution in [1.82, 2.24) is 5.32 Å². The topological polar surface area (TPSA) is 69.6 Å². The van der Waals surface area contributed by atoms with E-state index in [4.69, 9.17) is 0 Å². The number of fused-ring (bicyclic) bond motifs is 1. The van der Waals surface area contributed by atoms with E-state index < -0.39 is 5.54 Å². The van der Waals surface area contributed by atoms with Crippen LogP contribution in [0.4, 0.5) is 0 Å². The van der Waals surface area contributed by atoms with Crippen molar-refractivity contribution in [3.8, 4) is 0 Å². The van der Waals surface area contributed by atoms with Crippen LogP contribution >= 0.6 is 11.3 Å². The Kier molecular flexibility index (Phi) is 4.04. The zero-order valence-corrected chi connectivity index (χ0v) is 11.3. The molecule has 0 aliphatic heterocycles. The number of thiophene rings is 1. The number of aliphatic hydroxyl groups is 2. The molecule has 0 saturated carbocycles. The smallest absolute Gasteiger partial charge is 0.261 e. The average molecular weight is 269 g/mol. The average Bonchev–Trinajstić information content (AvgIpc) is 2.96. The van der Waals surface area contributed by atoms with Gasteiger partial charge in [-0.3, -0.25) is 4.79 Å². The zero-order valence-electron chi connectivity index (χ0n) is 10.5. The van der Waals surface area contributed by atoms with Gasteiger partial charge in [0.15, 0.2) is 0 Å². The van der Waals surface area contributed by atoms with Gasteiger partial charge in [-0.25, -0.2) is 0 Å². The molecule has 1 amide bonds. The maximum absolute atomic E-state index is 12.1. The van der Waals surface area contributed by atoms with Crippen LogP contribution in [0.3, 0.4) is 0 Å². The molecule has 0 spiro atoms. The predicted octanol–water partition coefficient (Wildman–Crippen LogP) is 1.10. The van der Waals surface area contributed by atoms with Gasteiger partial charge in [0.1, 0.15) is 0 Å². The lowest BCUT2D eigenvalue weighted by Gasteiger charge is -2.29. The fourth-order valence-electron chi connectivity index (χ4n) is 2.18. The molecular formula is C13H19NO3S. The fourth-order valence-corrected chi connectivity index (χ4v) is 3.33. The first kappa shape index (κ1) is 13.5. The van der Waals surface area contributed by atoms with Gasteiger partial charge in [0.2, 0.25) is 0 Å². The predicted molar refractivity (Wildman–Crippen MR) is 71.0 cm³/mol. The van der Waals surface area contributed by atoms with E-state index >= 15 is 0 Å². The van der Waals surface area contributed by atoms with Gasteiger partial charge < -0.3 is 15.5 Å². The second-order valence-corrected chi connectivity index (χ2v) is 5.95. The Labute approximate surface area is 111 Å². The van der Waals surface area contributed by atoms with E-state index in [2.05, 4.69) is 5.32 Å². The molecule has 2 rings (SSSR count). The molecule has 0 saturated heterocycles. The van der Waals surface area contributed by atoms with E-state index in [1.165, 1.54) is 28.2 Å². The number of aliphatic hydroxyl groups excluding tert-OH is 2. The molecule has 3 N–H and O–H groups in total. The van der Waals surface area contributed by atoms with Gasteiger partial charge in [0.05, 0.1) is 23.6 Å². The van der Waals surface area contributed by atoms with E-state index in [1.54, 1.807) is 0 Å². The number of rotatable bonds is 5. The van der Waals surface area contributed by atoms with Crippen LogP contribution in [0.1, 0.15) is 39.9 Å². The van der Waals surface area contributed by atoms with Gasteiger partial charge in [-0.15, -0.1) is 11.3 Å². The van der Waals surface area contributed by atoms with Gasteiger partial charge in [-0.2, -0.15) is 0 Å². The first-order chi connectivity index (χ1) is 8.64. The minimum Gasteiger partial charge on any atom is -0.394 e. The quantitative estimate of drug-likeness (QED) is 0.749. The number of carbonyl (C=O) groups excluding carboxylic acids is 1. The normalized spacial score (nSPS) is 14.6. The van der Waals surface area contributed by atoms with Crippen LogP contribution in [0, 0.1) is 0 Å². The van der Waals surface area contributed by atoms with Gasteiger partial charge in [0.25, 0.3) is 5.91 Å². The molecule has 1 aliphatic rings. The fraction of sp³-hybridized carbons (Fsp3) is 0.615. The lowest BCUT2D eigenvalue weighted by atomic mass is 9.98. The molecule has 100 valence electrons. The molecule has 0 atom stereocenters. The third-order valence-corrected chi connectivity index (χ3v) is 4.87. The summed E-state index contributed by atoms with van der Waals surface area (Å²) in [5, 5.41) is 21.4. The molecule has 5 heteroatoms. The number of amides is 1. The number of hydrogen-bond donors (Lipinski definition) is 3. The first-order valence-electron chi connectivity index (χ1n) is 6.30. The number of carbonyl (C=O) groups is 1. The molecule has 4 nitrogen and oxygen atoms in total. The van der Waals surface area contributed by atoms with Crippen molar-refractivity contribution in [1.29, 1.82) is 0 Å². The Hall–Kier alpha value is -0.910. The zero-order chi connectivity index (χ0) is 13.2. The molecular weight excluding hydrogens is 250 g/mol. The first-order valence-corrected chi connectivity index (χ1v) is 7.11. The monoisotopic (exact) mass is 269 g/mol. The van der Waals surface area contributed by atoms with Crippen molar-refractivity contribution >= 4 is 17.2 Å². The minimum absolute atomic E-state index is 0.195. The molecule has 18 heavy (non-hydrogen) atoms. The third kappa shape index (κ3) is 2.43. The Balaban J connectivity index is 2.11. The highest BCUT2D eigenvalue weighted by Crippen LogP contribution is 2.30. The van der Waals surface area contributed by atoms with Crippen molar-refractivity contribution < 1.29 is 15.0 Å². The lowest BCUT2D eigenvalue weighted by molar-refractivity contribution is 0.0656. The largest absolute Gasteiger partial charge is 0.394 e. The minimum atomic E-state index is -0.911. The van der Waals surface area contributed by atoms with Crippen LogP contribution in [-0.4, -0.2) is 34.9 Å². The maximum atomic E-state index is 12.1. The number of aryl methyl sites for hydroxylation is 2. The molecule has 1 heterocycles. The van der Waals surface area contributed by atoms with Gasteiger partial charge in [-0.1, -0.05) is 6.92 Å². The Bertz CT molecular complexity index is 408. The van der Waals surface area contributed by atoms with Crippen molar-refractivity contribution in [3.63, 3.8) is 0 Å². The summed E-state index contributed by atoms with van der Waals surface area (Å²) < 4.78 is 0. The van der Waals surface area contributed by atoms with Crippen molar-refractivity contribution in [2.24, 2.45) is 0 Å². The van der Waals surface area contributed by atoms with Gasteiger partial charge in [0, 0.05) is 4.88 Å². The van der Waals surface area contributed by atoms with Gasteiger partial charge >= 0.3 is 0 Å². The summed E-state index contributed by atoms with van der Waals surface area (Å²) in [6.45, 7) is 1.33. The van der Waals surface area contributed by atoms with Crippen LogP contribution in [0.2, 0.25) is 0 Å². The SMILES string of the molecule is CCC(CO)(CO)NC(=O)c1cc2c(s1)CCC2. The second kappa shape index (κ2) is 5.38. The van der Waals surface area contributed by atoms with Gasteiger partial charge in [-0.05, 0) is 37.3 Å². The summed E-state index contributed by atoms with van der Waals surface area (Å²) >= 11 is 1.53. The lowest BCUT2D eigenvalue weighted by Crippen LogP contribution is -2.53. The van der Waals surface area contributed by atoms with E-state index in [9.17, 15) is 15.0 Å². The third-order valence-electron chi connectivity index (χ3n) is 3.63. The molecule has 1 aromatic rings. The molecule has 0 radical (unpaired) electrons. The van der Waals surface area contributed by atoms with Crippen LogP contribution in [0.15, 0.2) is 6.07 Å². The maximum Gasteiger partial charge on any atom is 0.261 e. The van der Waals surface area contributed by atoms with E-state index in [0.717, 1.165) is 12.8 Å². The highest BCUT2D eigenvalue weighted by atomic mass is 32.1. The number of hydrogen-bond acceptors (Lipinski definition) is 4. The van der Waals surface area contributed by atoms with Crippen molar-refractivity contribution in [3.05, 3.63) is 21.4 Å². The van der Waals surface area contributed by atoms with Crippen LogP contribution in [0.5, 0.6) is 0 Å². The summed E-state index contributed by atoms with van der Waals surface area (Å²) in [5.74, 6) is -0.195. The Morgan fingerprint density at radius 2 is 2.17 bits per heavy atom. The summed E-state index contributed by atoms with van der Waals surface area (Å²) in [7, 11) is 0. The highest BCUT2D eigenvalue weighted by molar-refractivity contribution is 7.14. The van der Waals surface area contributed by atoms with E-state index in [1.807, 2.05) is 13.0 Å². The molecule has 0 unspecified atom stereocenters. The molecule has 0 bridgehead atoms. The summed E-state index contributed by atoms with van der Waals surface area (Å²) in [6, 6.07) is 1.94. The second-order valence-electron chi connectivity index (χ2n) is 4.82. The molecule has 0 aromatic carbocycles. The van der Waals surface area contributed by atoms with E-state index in [0.29, 0.717) is 11.3 Å². The molecule has 0 fully saturated rings. The summed E-state index contributed by atoms with van der Waals surface area (Å²) in [4.78, 5) is 14.1. The van der Waals surface area contributed by atoms with Crippen LogP contribution in [0.25, 0.3) is 0 Å². The van der Waals surface area contributed by atoms with Crippen molar-refractivity contribution in [2.45, 2.75) is 38.1 Å². The van der Waals surface area contributed by atoms with E-state index in [-0.39, 0.29) is 19.1 Å². The van der Waals surface area contributed by atoms with Crippen molar-refractivity contribution in [2.75, 3.05) is 13.2 Å². The Morgan fingerprint density at radius 1 is 1.44 bits per heavy atom. The summed E-state index contributed by atoms with van der Waals surface area (Å²) in [5.41, 5.74) is 0.367. The Morgan fingerprint density at radius 3 is 2.72 bits per heavy atom. The molecule has 1 aliphatic carbocycles. The summed E-state index contributed by atoms with van der Waals surface area (Å²) in [6.07, 6.45) is 3.79. The molecule has 1 aromatic heterocycles. The van der Waals surface area contributed by atoms with Crippen LogP contribution in [-0.2, 0) is 12.8 Å².